The molecule has 2 rings (SSSR count). The van der Waals surface area contributed by atoms with Crippen molar-refractivity contribution in [2.45, 2.75) is 19.3 Å². The predicted octanol–water partition coefficient (Wildman–Crippen LogP) is 3.23. The Hall–Kier alpha value is -2.56. The highest BCUT2D eigenvalue weighted by Crippen LogP contribution is 2.32. The van der Waals surface area contributed by atoms with Gasteiger partial charge in [-0.1, -0.05) is 19.1 Å². The summed E-state index contributed by atoms with van der Waals surface area (Å²) in [4.78, 5) is 16.2. The molecule has 22 heavy (non-hydrogen) atoms. The molecule has 116 valence electrons. The Bertz CT molecular complexity index is 629. The Labute approximate surface area is 130 Å². The topological polar surface area (TPSA) is 60.5 Å². The van der Waals surface area contributed by atoms with E-state index in [-0.39, 0.29) is 11.8 Å². The number of benzene rings is 1. The first-order valence-corrected chi connectivity index (χ1v) is 7.07. The minimum Gasteiger partial charge on any atom is -0.497 e. The van der Waals surface area contributed by atoms with Crippen LogP contribution in [-0.4, -0.2) is 25.1 Å². The summed E-state index contributed by atoms with van der Waals surface area (Å²) in [6.07, 6.45) is 1.99. The van der Waals surface area contributed by atoms with E-state index in [0.29, 0.717) is 12.2 Å². The first-order valence-electron chi connectivity index (χ1n) is 7.07. The molecule has 0 aliphatic heterocycles. The molecule has 1 heterocycles. The number of amides is 1. The summed E-state index contributed by atoms with van der Waals surface area (Å²) in [5.41, 5.74) is 0.972. The molecule has 1 unspecified atom stereocenters. The normalized spacial score (nSPS) is 11.6. The van der Waals surface area contributed by atoms with Crippen molar-refractivity contribution in [2.75, 3.05) is 19.5 Å². The van der Waals surface area contributed by atoms with Crippen molar-refractivity contribution in [1.29, 1.82) is 0 Å². The van der Waals surface area contributed by atoms with E-state index in [1.807, 2.05) is 31.2 Å². The third kappa shape index (κ3) is 3.97. The Morgan fingerprint density at radius 3 is 2.68 bits per heavy atom. The predicted molar refractivity (Wildman–Crippen MR) is 85.4 cm³/mol. The SMILES string of the molecule is COc1ccc(C(C)CC(=O)Nc2ccccn2)c(OC)c1. The van der Waals surface area contributed by atoms with Crippen LogP contribution >= 0.6 is 0 Å². The quantitative estimate of drug-likeness (QED) is 0.889. The fraction of sp³-hybridized carbons (Fsp3) is 0.294. The zero-order valence-electron chi connectivity index (χ0n) is 13.0. The summed E-state index contributed by atoms with van der Waals surface area (Å²) in [5.74, 6) is 1.94. The van der Waals surface area contributed by atoms with Crippen LogP contribution in [0, 0.1) is 0 Å². The molecular weight excluding hydrogens is 280 g/mol. The lowest BCUT2D eigenvalue weighted by Crippen LogP contribution is -2.15. The summed E-state index contributed by atoms with van der Waals surface area (Å²) >= 11 is 0. The maximum atomic E-state index is 12.1. The van der Waals surface area contributed by atoms with Crippen molar-refractivity contribution < 1.29 is 14.3 Å². The maximum absolute atomic E-state index is 12.1. The largest absolute Gasteiger partial charge is 0.497 e. The molecule has 5 heteroatoms. The van der Waals surface area contributed by atoms with Crippen LogP contribution in [-0.2, 0) is 4.79 Å². The van der Waals surface area contributed by atoms with Gasteiger partial charge in [0.25, 0.3) is 0 Å². The van der Waals surface area contributed by atoms with Gasteiger partial charge in [0.1, 0.15) is 17.3 Å². The summed E-state index contributed by atoms with van der Waals surface area (Å²) in [6.45, 7) is 1.99. The van der Waals surface area contributed by atoms with Crippen LogP contribution < -0.4 is 14.8 Å². The Kier molecular flexibility index (Phi) is 5.36. The minimum atomic E-state index is -0.0796. The molecule has 0 aliphatic rings. The molecule has 0 saturated carbocycles. The van der Waals surface area contributed by atoms with E-state index < -0.39 is 0 Å². The Balaban J connectivity index is 2.05. The number of carbonyl (C=O) groups is 1. The molecule has 1 aromatic carbocycles. The van der Waals surface area contributed by atoms with Crippen molar-refractivity contribution in [1.82, 2.24) is 4.98 Å². The van der Waals surface area contributed by atoms with Gasteiger partial charge in [0, 0.05) is 18.7 Å². The zero-order valence-corrected chi connectivity index (χ0v) is 13.0. The molecule has 0 radical (unpaired) electrons. The van der Waals surface area contributed by atoms with Gasteiger partial charge in [0.2, 0.25) is 5.91 Å². The van der Waals surface area contributed by atoms with Crippen molar-refractivity contribution in [2.24, 2.45) is 0 Å². The number of hydrogen-bond acceptors (Lipinski definition) is 4. The second-order valence-corrected chi connectivity index (χ2v) is 4.98. The van der Waals surface area contributed by atoms with Gasteiger partial charge in [0.15, 0.2) is 0 Å². The molecule has 0 saturated heterocycles. The van der Waals surface area contributed by atoms with Crippen LogP contribution in [0.1, 0.15) is 24.8 Å². The smallest absolute Gasteiger partial charge is 0.226 e. The van der Waals surface area contributed by atoms with Gasteiger partial charge >= 0.3 is 0 Å². The number of anilines is 1. The summed E-state index contributed by atoms with van der Waals surface area (Å²) in [6, 6.07) is 11.0. The summed E-state index contributed by atoms with van der Waals surface area (Å²) in [7, 11) is 3.22. The molecule has 0 bridgehead atoms. The number of hydrogen-bond donors (Lipinski definition) is 1. The maximum Gasteiger partial charge on any atom is 0.226 e. The standard InChI is InChI=1S/C17H20N2O3/c1-12(10-17(20)19-16-6-4-5-9-18-16)14-8-7-13(21-2)11-15(14)22-3/h4-9,11-12H,10H2,1-3H3,(H,18,19,20). The molecular formula is C17H20N2O3. The highest BCUT2D eigenvalue weighted by Gasteiger charge is 2.16. The number of aromatic nitrogens is 1. The molecule has 0 aliphatic carbocycles. The van der Waals surface area contributed by atoms with Gasteiger partial charge in [-0.25, -0.2) is 4.98 Å². The van der Waals surface area contributed by atoms with Crippen LogP contribution in [0.2, 0.25) is 0 Å². The Morgan fingerprint density at radius 2 is 2.05 bits per heavy atom. The summed E-state index contributed by atoms with van der Waals surface area (Å²) in [5, 5.41) is 2.79. The molecule has 2 aromatic rings. The molecule has 0 fully saturated rings. The average Bonchev–Trinajstić information content (AvgIpc) is 2.54. The average molecular weight is 300 g/mol. The number of nitrogens with one attached hydrogen (secondary N) is 1. The molecule has 1 N–H and O–H groups in total. The second kappa shape index (κ2) is 7.45. The lowest BCUT2D eigenvalue weighted by Gasteiger charge is -2.16. The first kappa shape index (κ1) is 15.8. The van der Waals surface area contributed by atoms with Gasteiger partial charge in [-0.05, 0) is 29.7 Å². The third-order valence-electron chi connectivity index (χ3n) is 3.40. The van der Waals surface area contributed by atoms with Gasteiger partial charge in [-0.3, -0.25) is 4.79 Å². The van der Waals surface area contributed by atoms with Gasteiger partial charge < -0.3 is 14.8 Å². The van der Waals surface area contributed by atoms with Crippen molar-refractivity contribution in [3.8, 4) is 11.5 Å². The van der Waals surface area contributed by atoms with Crippen LogP contribution in [0.25, 0.3) is 0 Å². The van der Waals surface area contributed by atoms with E-state index in [2.05, 4.69) is 10.3 Å². The van der Waals surface area contributed by atoms with Gasteiger partial charge in [0.05, 0.1) is 14.2 Å². The van der Waals surface area contributed by atoms with Crippen LogP contribution in [0.3, 0.4) is 0 Å². The fourth-order valence-electron chi connectivity index (χ4n) is 2.24. The molecule has 1 atom stereocenters. The van der Waals surface area contributed by atoms with Crippen LogP contribution in [0.15, 0.2) is 42.6 Å². The van der Waals surface area contributed by atoms with E-state index in [4.69, 9.17) is 9.47 Å². The van der Waals surface area contributed by atoms with E-state index in [1.54, 1.807) is 32.5 Å². The molecule has 1 aromatic heterocycles. The highest BCUT2D eigenvalue weighted by molar-refractivity contribution is 5.90. The number of methoxy groups -OCH3 is 2. The molecule has 5 nitrogen and oxygen atoms in total. The fourth-order valence-corrected chi connectivity index (χ4v) is 2.24. The highest BCUT2D eigenvalue weighted by atomic mass is 16.5. The molecule has 0 spiro atoms. The zero-order chi connectivity index (χ0) is 15.9. The monoisotopic (exact) mass is 300 g/mol. The van der Waals surface area contributed by atoms with Crippen molar-refractivity contribution in [3.05, 3.63) is 48.2 Å². The van der Waals surface area contributed by atoms with E-state index in [9.17, 15) is 4.79 Å². The first-order chi connectivity index (χ1) is 10.6. The van der Waals surface area contributed by atoms with E-state index >= 15 is 0 Å². The molecule has 1 amide bonds. The van der Waals surface area contributed by atoms with Crippen LogP contribution in [0.5, 0.6) is 11.5 Å². The van der Waals surface area contributed by atoms with Crippen molar-refractivity contribution in [3.63, 3.8) is 0 Å². The van der Waals surface area contributed by atoms with E-state index in [1.165, 1.54) is 0 Å². The Morgan fingerprint density at radius 1 is 1.23 bits per heavy atom. The van der Waals surface area contributed by atoms with Crippen molar-refractivity contribution >= 4 is 11.7 Å². The third-order valence-corrected chi connectivity index (χ3v) is 3.40. The number of ether oxygens (including phenoxy) is 2. The van der Waals surface area contributed by atoms with Gasteiger partial charge in [-0.2, -0.15) is 0 Å². The summed E-state index contributed by atoms with van der Waals surface area (Å²) < 4.78 is 10.6. The lowest BCUT2D eigenvalue weighted by molar-refractivity contribution is -0.116. The van der Waals surface area contributed by atoms with Gasteiger partial charge in [-0.15, -0.1) is 0 Å². The second-order valence-electron chi connectivity index (χ2n) is 4.98. The minimum absolute atomic E-state index is 0.0181. The number of pyridine rings is 1. The number of nitrogens with zero attached hydrogens (tertiary/aromatic N) is 1. The number of rotatable bonds is 6. The van der Waals surface area contributed by atoms with Crippen LogP contribution in [0.4, 0.5) is 5.82 Å². The number of carbonyl (C=O) groups excluding carboxylic acids is 1. The van der Waals surface area contributed by atoms with E-state index in [0.717, 1.165) is 17.1 Å². The lowest BCUT2D eigenvalue weighted by atomic mass is 9.96.